The molecule has 1 fully saturated rings. The van der Waals surface area contributed by atoms with E-state index in [0.29, 0.717) is 10.6 Å². The van der Waals surface area contributed by atoms with Gasteiger partial charge in [-0.05, 0) is 63.9 Å². The highest BCUT2D eigenvalue weighted by molar-refractivity contribution is 7.15. The summed E-state index contributed by atoms with van der Waals surface area (Å²) in [6, 6.07) is 9.37. The molecule has 5 heteroatoms. The molecule has 1 aromatic heterocycles. The Labute approximate surface area is 162 Å². The molecule has 136 valence electrons. The van der Waals surface area contributed by atoms with Gasteiger partial charge in [-0.3, -0.25) is 14.4 Å². The SMILES string of the molecule is Cc1sc(-c2ccc(Cl)cc2)cc1C1C(=O)C(C)(C)C(=O)C(C)(C)C1=O. The minimum absolute atomic E-state index is 0.304. The normalized spacial score (nSPS) is 19.8. The number of ketones is 3. The van der Waals surface area contributed by atoms with Gasteiger partial charge in [0, 0.05) is 14.8 Å². The van der Waals surface area contributed by atoms with Crippen LogP contribution in [-0.2, 0) is 14.4 Å². The predicted molar refractivity (Wildman–Crippen MR) is 105 cm³/mol. The molecule has 0 aliphatic heterocycles. The number of hydrogen-bond donors (Lipinski definition) is 0. The van der Waals surface area contributed by atoms with Crippen LogP contribution in [0.3, 0.4) is 0 Å². The van der Waals surface area contributed by atoms with E-state index in [1.165, 1.54) is 11.3 Å². The molecule has 1 aliphatic rings. The van der Waals surface area contributed by atoms with E-state index in [9.17, 15) is 14.4 Å². The smallest absolute Gasteiger partial charge is 0.160 e. The maximum Gasteiger partial charge on any atom is 0.160 e. The third-order valence-corrected chi connectivity index (χ3v) is 6.65. The number of aryl methyl sites for hydroxylation is 1. The highest BCUT2D eigenvalue weighted by Gasteiger charge is 2.58. The Morgan fingerprint density at radius 2 is 1.42 bits per heavy atom. The van der Waals surface area contributed by atoms with Gasteiger partial charge in [0.25, 0.3) is 0 Å². The first-order valence-electron chi connectivity index (χ1n) is 8.47. The second-order valence-corrected chi connectivity index (χ2v) is 9.56. The van der Waals surface area contributed by atoms with Gasteiger partial charge in [-0.1, -0.05) is 23.7 Å². The summed E-state index contributed by atoms with van der Waals surface area (Å²) in [6.07, 6.45) is 0. The van der Waals surface area contributed by atoms with Gasteiger partial charge in [0.05, 0.1) is 10.8 Å². The number of hydrogen-bond acceptors (Lipinski definition) is 4. The van der Waals surface area contributed by atoms with Crippen LogP contribution in [0.15, 0.2) is 30.3 Å². The van der Waals surface area contributed by atoms with Gasteiger partial charge in [0.1, 0.15) is 5.92 Å². The van der Waals surface area contributed by atoms with Gasteiger partial charge >= 0.3 is 0 Å². The molecule has 0 atom stereocenters. The Morgan fingerprint density at radius 3 is 1.92 bits per heavy atom. The number of carbonyl (C=O) groups excluding carboxylic acids is 3. The second kappa shape index (κ2) is 6.14. The van der Waals surface area contributed by atoms with Crippen molar-refractivity contribution in [2.45, 2.75) is 40.5 Å². The standard InChI is InChI=1S/C21H21ClO3S/c1-11-14(10-15(26-11)12-6-8-13(22)9-7-12)16-17(23)20(2,3)19(25)21(4,5)18(16)24/h6-10,16H,1-5H3. The molecule has 0 spiro atoms. The van der Waals surface area contributed by atoms with Gasteiger partial charge in [-0.2, -0.15) is 0 Å². The van der Waals surface area contributed by atoms with Gasteiger partial charge in [0.15, 0.2) is 17.3 Å². The molecule has 0 unspecified atom stereocenters. The summed E-state index contributed by atoms with van der Waals surface area (Å²) in [7, 11) is 0. The van der Waals surface area contributed by atoms with Crippen molar-refractivity contribution in [3.05, 3.63) is 45.8 Å². The number of rotatable bonds is 2. The monoisotopic (exact) mass is 388 g/mol. The van der Waals surface area contributed by atoms with Crippen LogP contribution in [0.25, 0.3) is 10.4 Å². The number of benzene rings is 1. The number of Topliss-reactive ketones (excluding diaryl/α,β-unsaturated/α-hetero) is 3. The Hall–Kier alpha value is -1.78. The van der Waals surface area contributed by atoms with Crippen molar-refractivity contribution in [2.75, 3.05) is 0 Å². The van der Waals surface area contributed by atoms with Crippen LogP contribution in [-0.4, -0.2) is 17.3 Å². The van der Waals surface area contributed by atoms with Crippen molar-refractivity contribution in [3.8, 4) is 10.4 Å². The lowest BCUT2D eigenvalue weighted by Gasteiger charge is -2.40. The van der Waals surface area contributed by atoms with Crippen LogP contribution >= 0.6 is 22.9 Å². The lowest BCUT2D eigenvalue weighted by atomic mass is 9.57. The zero-order valence-electron chi connectivity index (χ0n) is 15.5. The molecule has 0 radical (unpaired) electrons. The first-order chi connectivity index (χ1) is 12.0. The van der Waals surface area contributed by atoms with Crippen molar-refractivity contribution >= 4 is 40.3 Å². The maximum absolute atomic E-state index is 13.0. The summed E-state index contributed by atoms with van der Waals surface area (Å²) in [6.45, 7) is 8.42. The lowest BCUT2D eigenvalue weighted by Crippen LogP contribution is -2.56. The molecule has 1 aliphatic carbocycles. The predicted octanol–water partition coefficient (Wildman–Crippen LogP) is 5.23. The molecule has 3 nitrogen and oxygen atoms in total. The van der Waals surface area contributed by atoms with Crippen molar-refractivity contribution < 1.29 is 14.4 Å². The van der Waals surface area contributed by atoms with Crippen LogP contribution in [0.4, 0.5) is 0 Å². The molecule has 1 aromatic carbocycles. The largest absolute Gasteiger partial charge is 0.298 e. The fraction of sp³-hybridized carbons (Fsp3) is 0.381. The molecule has 0 N–H and O–H groups in total. The van der Waals surface area contributed by atoms with E-state index in [1.807, 2.05) is 37.3 Å². The summed E-state index contributed by atoms with van der Waals surface area (Å²) >= 11 is 7.49. The fourth-order valence-electron chi connectivity index (χ4n) is 3.67. The topological polar surface area (TPSA) is 51.2 Å². The zero-order chi connectivity index (χ0) is 19.4. The minimum Gasteiger partial charge on any atom is -0.298 e. The highest BCUT2D eigenvalue weighted by Crippen LogP contribution is 2.47. The summed E-state index contributed by atoms with van der Waals surface area (Å²) in [4.78, 5) is 40.6. The third-order valence-electron chi connectivity index (χ3n) is 5.29. The molecule has 0 saturated heterocycles. The first-order valence-corrected chi connectivity index (χ1v) is 9.67. The van der Waals surface area contributed by atoms with Gasteiger partial charge in [0.2, 0.25) is 0 Å². The number of thiophene rings is 1. The number of halogens is 1. The Bertz CT molecular complexity index is 889. The van der Waals surface area contributed by atoms with Crippen molar-refractivity contribution in [1.82, 2.24) is 0 Å². The fourth-order valence-corrected chi connectivity index (χ4v) is 4.86. The average molecular weight is 389 g/mol. The van der Waals surface area contributed by atoms with Crippen molar-refractivity contribution in [3.63, 3.8) is 0 Å². The molecule has 26 heavy (non-hydrogen) atoms. The minimum atomic E-state index is -1.17. The van der Waals surface area contributed by atoms with E-state index in [-0.39, 0.29) is 17.3 Å². The van der Waals surface area contributed by atoms with E-state index < -0.39 is 16.7 Å². The van der Waals surface area contributed by atoms with Crippen LogP contribution in [0.2, 0.25) is 5.02 Å². The first kappa shape index (κ1) is 19.0. The highest BCUT2D eigenvalue weighted by atomic mass is 35.5. The lowest BCUT2D eigenvalue weighted by molar-refractivity contribution is -0.157. The molecule has 2 aromatic rings. The Balaban J connectivity index is 2.11. The summed E-state index contributed by atoms with van der Waals surface area (Å²) in [5.74, 6) is -1.82. The summed E-state index contributed by atoms with van der Waals surface area (Å²) in [5.41, 5.74) is -0.643. The third kappa shape index (κ3) is 2.76. The van der Waals surface area contributed by atoms with E-state index in [0.717, 1.165) is 15.3 Å². The number of carbonyl (C=O) groups is 3. The van der Waals surface area contributed by atoms with Crippen molar-refractivity contribution in [1.29, 1.82) is 0 Å². The van der Waals surface area contributed by atoms with Crippen LogP contribution in [0.1, 0.15) is 44.1 Å². The average Bonchev–Trinajstić information content (AvgIpc) is 2.95. The Kier molecular flexibility index (Phi) is 4.48. The van der Waals surface area contributed by atoms with Crippen LogP contribution in [0.5, 0.6) is 0 Å². The molecular formula is C21H21ClO3S. The maximum atomic E-state index is 13.0. The van der Waals surface area contributed by atoms with Gasteiger partial charge < -0.3 is 0 Å². The summed E-state index contributed by atoms with van der Waals surface area (Å²) in [5, 5.41) is 0.655. The Morgan fingerprint density at radius 1 is 0.923 bits per heavy atom. The van der Waals surface area contributed by atoms with Crippen LogP contribution < -0.4 is 0 Å². The zero-order valence-corrected chi connectivity index (χ0v) is 17.0. The quantitative estimate of drug-likeness (QED) is 0.661. The molecule has 3 rings (SSSR count). The molecule has 0 amide bonds. The summed E-state index contributed by atoms with van der Waals surface area (Å²) < 4.78 is 0. The van der Waals surface area contributed by atoms with E-state index in [1.54, 1.807) is 27.7 Å². The van der Waals surface area contributed by atoms with E-state index in [4.69, 9.17) is 11.6 Å². The molecule has 1 saturated carbocycles. The van der Waals surface area contributed by atoms with Crippen LogP contribution in [0, 0.1) is 17.8 Å². The molecule has 1 heterocycles. The van der Waals surface area contributed by atoms with E-state index >= 15 is 0 Å². The van der Waals surface area contributed by atoms with Gasteiger partial charge in [-0.25, -0.2) is 0 Å². The second-order valence-electron chi connectivity index (χ2n) is 7.87. The van der Waals surface area contributed by atoms with E-state index in [2.05, 4.69) is 0 Å². The van der Waals surface area contributed by atoms with Gasteiger partial charge in [-0.15, -0.1) is 11.3 Å². The molecular weight excluding hydrogens is 368 g/mol. The molecule has 0 bridgehead atoms. The van der Waals surface area contributed by atoms with Crippen molar-refractivity contribution in [2.24, 2.45) is 10.8 Å².